The number of carboxylic acids is 1. The van der Waals surface area contributed by atoms with Gasteiger partial charge in [-0.15, -0.1) is 11.3 Å². The number of carbonyl (C=O) groups excluding carboxylic acids is 1. The molecule has 0 unspecified atom stereocenters. The summed E-state index contributed by atoms with van der Waals surface area (Å²) in [5.41, 5.74) is 2.72. The summed E-state index contributed by atoms with van der Waals surface area (Å²) in [5.74, 6) is -1.45. The highest BCUT2D eigenvalue weighted by molar-refractivity contribution is 7.16. The quantitative estimate of drug-likeness (QED) is 0.904. The van der Waals surface area contributed by atoms with Crippen LogP contribution in [0.3, 0.4) is 0 Å². The number of rotatable bonds is 3. The van der Waals surface area contributed by atoms with Crippen LogP contribution in [0.2, 0.25) is 5.02 Å². The first-order valence-corrected chi connectivity index (χ1v) is 7.53. The first-order valence-electron chi connectivity index (χ1n) is 6.27. The van der Waals surface area contributed by atoms with Crippen LogP contribution in [-0.2, 0) is 14.3 Å². The number of thiazole rings is 1. The van der Waals surface area contributed by atoms with Crippen LogP contribution in [0, 0.1) is 0 Å². The molecule has 0 saturated carbocycles. The van der Waals surface area contributed by atoms with Crippen molar-refractivity contribution in [3.8, 4) is 0 Å². The number of carboxylic acid groups (broad SMARTS) is 1. The summed E-state index contributed by atoms with van der Waals surface area (Å²) in [6.07, 6.45) is -1.02. The van der Waals surface area contributed by atoms with Crippen LogP contribution >= 0.6 is 22.9 Å². The van der Waals surface area contributed by atoms with Crippen molar-refractivity contribution in [3.05, 3.63) is 22.7 Å². The first-order chi connectivity index (χ1) is 10.1. The molecule has 1 aromatic carbocycles. The fourth-order valence-electron chi connectivity index (χ4n) is 2.24. The lowest BCUT2D eigenvalue weighted by Gasteiger charge is -2.13. The Bertz CT molecular complexity index is 717. The van der Waals surface area contributed by atoms with Gasteiger partial charge in [0, 0.05) is 0 Å². The number of aromatic nitrogens is 1. The smallest absolute Gasteiger partial charge is 0.332 e. The second-order valence-corrected chi connectivity index (χ2v) is 5.93. The second-order valence-electron chi connectivity index (χ2n) is 4.64. The molecule has 0 radical (unpaired) electrons. The van der Waals surface area contributed by atoms with Crippen molar-refractivity contribution in [2.24, 2.45) is 0 Å². The van der Waals surface area contributed by atoms with E-state index in [4.69, 9.17) is 21.4 Å². The van der Waals surface area contributed by atoms with Gasteiger partial charge in [-0.3, -0.25) is 4.79 Å². The van der Waals surface area contributed by atoms with Gasteiger partial charge in [-0.25, -0.2) is 9.78 Å². The molecule has 1 saturated heterocycles. The van der Waals surface area contributed by atoms with E-state index in [1.807, 2.05) is 6.07 Å². The number of aliphatic carboxylic acids is 1. The number of ether oxygens (including phenoxy) is 1. The molecule has 21 heavy (non-hydrogen) atoms. The highest BCUT2D eigenvalue weighted by Crippen LogP contribution is 2.33. The molecular formula is C13H11ClN2O4S. The number of hydrogen-bond acceptors (Lipinski definition) is 5. The maximum Gasteiger partial charge on any atom is 0.332 e. The molecule has 0 spiro atoms. The van der Waals surface area contributed by atoms with Gasteiger partial charge in [0.25, 0.3) is 5.91 Å². The monoisotopic (exact) mass is 326 g/mol. The molecule has 1 aromatic heterocycles. The third-order valence-corrected chi connectivity index (χ3v) is 4.40. The van der Waals surface area contributed by atoms with Gasteiger partial charge in [0.2, 0.25) is 0 Å². The SMILES string of the molecule is O=C(Nc1c(Cl)ccc2scnc12)[C@@H]1CC[C@H](C(=O)O)O1. The van der Waals surface area contributed by atoms with Crippen molar-refractivity contribution in [3.63, 3.8) is 0 Å². The molecule has 6 nitrogen and oxygen atoms in total. The van der Waals surface area contributed by atoms with Crippen molar-refractivity contribution >= 4 is 50.7 Å². The van der Waals surface area contributed by atoms with Crippen LogP contribution in [0.4, 0.5) is 5.69 Å². The number of halogens is 1. The first kappa shape index (κ1) is 14.2. The van der Waals surface area contributed by atoms with Gasteiger partial charge in [0.15, 0.2) is 6.10 Å². The molecule has 2 heterocycles. The van der Waals surface area contributed by atoms with Gasteiger partial charge in [-0.05, 0) is 25.0 Å². The highest BCUT2D eigenvalue weighted by atomic mass is 35.5. The summed E-state index contributed by atoms with van der Waals surface area (Å²) in [6.45, 7) is 0. The zero-order valence-corrected chi connectivity index (χ0v) is 12.3. The Balaban J connectivity index is 1.79. The fourth-order valence-corrected chi connectivity index (χ4v) is 3.13. The predicted octanol–water partition coefficient (Wildman–Crippen LogP) is 2.52. The molecule has 8 heteroatoms. The van der Waals surface area contributed by atoms with Crippen LogP contribution in [0.5, 0.6) is 0 Å². The number of fused-ring (bicyclic) bond motifs is 1. The normalized spacial score (nSPS) is 21.6. The Morgan fingerprint density at radius 3 is 2.86 bits per heavy atom. The van der Waals surface area contributed by atoms with Crippen molar-refractivity contribution in [2.45, 2.75) is 25.0 Å². The molecule has 110 valence electrons. The number of carbonyl (C=O) groups is 2. The van der Waals surface area contributed by atoms with Crippen LogP contribution in [0.15, 0.2) is 17.6 Å². The lowest BCUT2D eigenvalue weighted by atomic mass is 10.2. The van der Waals surface area contributed by atoms with Crippen molar-refractivity contribution < 1.29 is 19.4 Å². The molecule has 0 bridgehead atoms. The summed E-state index contributed by atoms with van der Waals surface area (Å²) < 4.78 is 6.13. The number of benzene rings is 1. The van der Waals surface area contributed by atoms with E-state index in [0.717, 1.165) is 4.70 Å². The minimum absolute atomic E-state index is 0.321. The second kappa shape index (κ2) is 5.59. The average Bonchev–Trinajstić information content (AvgIpc) is 3.09. The summed E-state index contributed by atoms with van der Waals surface area (Å²) in [4.78, 5) is 27.2. The largest absolute Gasteiger partial charge is 0.479 e. The van der Waals surface area contributed by atoms with Crippen LogP contribution in [0.25, 0.3) is 10.2 Å². The van der Waals surface area contributed by atoms with Gasteiger partial charge in [-0.1, -0.05) is 11.6 Å². The topological polar surface area (TPSA) is 88.5 Å². The number of anilines is 1. The van der Waals surface area contributed by atoms with E-state index in [9.17, 15) is 9.59 Å². The number of nitrogens with zero attached hydrogens (tertiary/aromatic N) is 1. The maximum atomic E-state index is 12.2. The molecule has 3 rings (SSSR count). The third-order valence-electron chi connectivity index (χ3n) is 3.29. The van der Waals surface area contributed by atoms with Crippen molar-refractivity contribution in [2.75, 3.05) is 5.32 Å². The van der Waals surface area contributed by atoms with Gasteiger partial charge >= 0.3 is 5.97 Å². The zero-order chi connectivity index (χ0) is 15.0. The highest BCUT2D eigenvalue weighted by Gasteiger charge is 2.35. The van der Waals surface area contributed by atoms with E-state index in [1.165, 1.54) is 11.3 Å². The van der Waals surface area contributed by atoms with Crippen LogP contribution < -0.4 is 5.32 Å². The van der Waals surface area contributed by atoms with E-state index in [-0.39, 0.29) is 0 Å². The molecule has 1 amide bonds. The number of nitrogens with one attached hydrogen (secondary N) is 1. The molecule has 2 aromatic rings. The Hall–Kier alpha value is -1.70. The van der Waals surface area contributed by atoms with Gasteiger partial charge in [0.1, 0.15) is 11.6 Å². The van der Waals surface area contributed by atoms with E-state index in [2.05, 4.69) is 10.3 Å². The molecule has 0 aliphatic carbocycles. The zero-order valence-electron chi connectivity index (χ0n) is 10.7. The lowest BCUT2D eigenvalue weighted by molar-refractivity contribution is -0.150. The van der Waals surface area contributed by atoms with E-state index >= 15 is 0 Å². The lowest BCUT2D eigenvalue weighted by Crippen LogP contribution is -2.30. The Morgan fingerprint density at radius 1 is 1.38 bits per heavy atom. The van der Waals surface area contributed by atoms with Crippen LogP contribution in [0.1, 0.15) is 12.8 Å². The molecule has 1 aliphatic rings. The molecule has 1 fully saturated rings. The minimum atomic E-state index is -1.05. The third kappa shape index (κ3) is 2.72. The fraction of sp³-hybridized carbons (Fsp3) is 0.308. The number of hydrogen-bond donors (Lipinski definition) is 2. The van der Waals surface area contributed by atoms with Gasteiger partial charge in [0.05, 0.1) is 20.9 Å². The predicted molar refractivity (Wildman–Crippen MR) is 78.8 cm³/mol. The van der Waals surface area contributed by atoms with Crippen molar-refractivity contribution in [1.29, 1.82) is 0 Å². The molecule has 2 N–H and O–H groups in total. The van der Waals surface area contributed by atoms with Crippen molar-refractivity contribution in [1.82, 2.24) is 4.98 Å². The number of amides is 1. The summed E-state index contributed by atoms with van der Waals surface area (Å²) in [6, 6.07) is 3.52. The maximum absolute atomic E-state index is 12.2. The van der Waals surface area contributed by atoms with E-state index in [0.29, 0.717) is 29.1 Å². The summed E-state index contributed by atoms with van der Waals surface area (Å²) in [5, 5.41) is 12.0. The van der Waals surface area contributed by atoms with E-state index in [1.54, 1.807) is 11.6 Å². The van der Waals surface area contributed by atoms with Gasteiger partial charge in [-0.2, -0.15) is 0 Å². The Kier molecular flexibility index (Phi) is 3.79. The standard InChI is InChI=1S/C13H11ClN2O4S/c14-6-1-4-9-11(15-5-21-9)10(6)16-12(17)7-2-3-8(20-7)13(18)19/h1,4-5,7-8H,2-3H2,(H,16,17)(H,18,19)/t7-,8+/m0/s1. The minimum Gasteiger partial charge on any atom is -0.479 e. The Labute approximate surface area is 128 Å². The molecular weight excluding hydrogens is 316 g/mol. The Morgan fingerprint density at radius 2 is 2.14 bits per heavy atom. The van der Waals surface area contributed by atoms with Crippen LogP contribution in [-0.4, -0.2) is 34.2 Å². The molecule has 1 aliphatic heterocycles. The van der Waals surface area contributed by atoms with E-state index < -0.39 is 24.1 Å². The van der Waals surface area contributed by atoms with Gasteiger partial charge < -0.3 is 15.2 Å². The summed E-state index contributed by atoms with van der Waals surface area (Å²) >= 11 is 7.55. The average molecular weight is 327 g/mol. The summed E-state index contributed by atoms with van der Waals surface area (Å²) in [7, 11) is 0. The molecule has 2 atom stereocenters.